The Bertz CT molecular complexity index is 2550. The summed E-state index contributed by atoms with van der Waals surface area (Å²) in [5, 5.41) is 5.34. The Morgan fingerprint density at radius 2 is 0.843 bits per heavy atom. The van der Waals surface area contributed by atoms with Crippen molar-refractivity contribution in [1.29, 1.82) is 0 Å². The highest BCUT2D eigenvalue weighted by Gasteiger charge is 2.61. The van der Waals surface area contributed by atoms with Crippen molar-refractivity contribution < 1.29 is 0 Å². The highest BCUT2D eigenvalue weighted by Crippen LogP contribution is 2.69. The highest BCUT2D eigenvalue weighted by molar-refractivity contribution is 6.21. The van der Waals surface area contributed by atoms with Crippen LogP contribution in [-0.2, 0) is 10.8 Å². The van der Waals surface area contributed by atoms with E-state index in [9.17, 15) is 0 Å². The third kappa shape index (κ3) is 3.57. The summed E-state index contributed by atoms with van der Waals surface area (Å²) in [5.41, 5.74) is 17.4. The predicted octanol–water partition coefficient (Wildman–Crippen LogP) is 13.4. The maximum absolute atomic E-state index is 2.59. The minimum atomic E-state index is -0.0389. The van der Waals surface area contributed by atoms with Crippen LogP contribution in [0.1, 0.15) is 68.2 Å². The standard InChI is InChI=1S/C51H42/c1-50(2)44-17-9-7-11-36(44)38-21-19-33(29-47(38)50)49-41-15-5-3-13-39(41)48(40-14-4-6-16-42(40)49)32-20-22-46-43(28-32)37-12-8-10-18-45(37)51(46)34-24-30-23-31(26-34)27-35(51)25-30/h3-22,28-31,34-35H,23-27H2,1-2H3. The highest BCUT2D eigenvalue weighted by atomic mass is 14.6. The smallest absolute Gasteiger partial charge is 0.0271 e. The Labute approximate surface area is 301 Å². The molecular weight excluding hydrogens is 613 g/mol. The van der Waals surface area contributed by atoms with Crippen molar-refractivity contribution in [3.05, 3.63) is 156 Å². The molecule has 0 heteroatoms. The Morgan fingerprint density at radius 3 is 1.45 bits per heavy atom. The summed E-state index contributed by atoms with van der Waals surface area (Å²) in [4.78, 5) is 0. The number of hydrogen-bond acceptors (Lipinski definition) is 0. The molecule has 6 aliphatic rings. The molecular formula is C51H42. The van der Waals surface area contributed by atoms with Crippen LogP contribution in [0.5, 0.6) is 0 Å². The van der Waals surface area contributed by atoms with Crippen LogP contribution in [0, 0.1) is 23.7 Å². The minimum Gasteiger partial charge on any atom is -0.0619 e. The molecule has 0 saturated heterocycles. The number of hydrogen-bond donors (Lipinski definition) is 0. The van der Waals surface area contributed by atoms with Crippen LogP contribution in [0.4, 0.5) is 0 Å². The second-order valence-corrected chi connectivity index (χ2v) is 17.3. The van der Waals surface area contributed by atoms with Crippen LogP contribution in [0.25, 0.3) is 66.1 Å². The largest absolute Gasteiger partial charge is 0.0619 e. The molecule has 6 aliphatic carbocycles. The van der Waals surface area contributed by atoms with E-state index < -0.39 is 0 Å². The van der Waals surface area contributed by atoms with Crippen LogP contribution in [-0.4, -0.2) is 0 Å². The molecule has 7 aromatic carbocycles. The summed E-state index contributed by atoms with van der Waals surface area (Å²) in [6.45, 7) is 4.78. The third-order valence-corrected chi connectivity index (χ3v) is 14.6. The van der Waals surface area contributed by atoms with E-state index in [1.165, 1.54) is 109 Å². The van der Waals surface area contributed by atoms with Crippen LogP contribution in [0.15, 0.2) is 133 Å². The molecule has 0 aromatic heterocycles. The molecule has 0 amide bonds. The van der Waals surface area contributed by atoms with E-state index in [1.54, 1.807) is 11.1 Å². The fourth-order valence-corrected chi connectivity index (χ4v) is 12.9. The lowest BCUT2D eigenvalue weighted by molar-refractivity contribution is -0.0399. The second kappa shape index (κ2) is 9.89. The van der Waals surface area contributed by atoms with Gasteiger partial charge in [0, 0.05) is 10.8 Å². The van der Waals surface area contributed by atoms with E-state index in [-0.39, 0.29) is 10.8 Å². The van der Waals surface area contributed by atoms with Gasteiger partial charge in [-0.3, -0.25) is 0 Å². The molecule has 246 valence electrons. The Balaban J connectivity index is 1.08. The van der Waals surface area contributed by atoms with E-state index in [4.69, 9.17) is 0 Å². The van der Waals surface area contributed by atoms with Gasteiger partial charge >= 0.3 is 0 Å². The first-order valence-electron chi connectivity index (χ1n) is 19.4. The molecule has 1 spiro atoms. The minimum absolute atomic E-state index is 0.0389. The Morgan fingerprint density at radius 1 is 0.392 bits per heavy atom. The van der Waals surface area contributed by atoms with Gasteiger partial charge in [0.25, 0.3) is 0 Å². The maximum Gasteiger partial charge on any atom is 0.0271 e. The van der Waals surface area contributed by atoms with Crippen molar-refractivity contribution in [3.63, 3.8) is 0 Å². The van der Waals surface area contributed by atoms with Gasteiger partial charge in [0.15, 0.2) is 0 Å². The van der Waals surface area contributed by atoms with Crippen molar-refractivity contribution in [2.24, 2.45) is 23.7 Å². The molecule has 0 N–H and O–H groups in total. The molecule has 51 heavy (non-hydrogen) atoms. The van der Waals surface area contributed by atoms with E-state index in [2.05, 4.69) is 147 Å². The zero-order valence-electron chi connectivity index (χ0n) is 29.5. The lowest BCUT2D eigenvalue weighted by atomic mass is 9.43. The summed E-state index contributed by atoms with van der Waals surface area (Å²) in [6.07, 6.45) is 7.18. The van der Waals surface area contributed by atoms with Gasteiger partial charge in [0.2, 0.25) is 0 Å². The normalized spacial score (nSPS) is 25.7. The van der Waals surface area contributed by atoms with Gasteiger partial charge < -0.3 is 0 Å². The maximum atomic E-state index is 2.59. The van der Waals surface area contributed by atoms with E-state index in [0.29, 0.717) is 0 Å². The van der Waals surface area contributed by atoms with Crippen molar-refractivity contribution in [1.82, 2.24) is 0 Å². The van der Waals surface area contributed by atoms with Gasteiger partial charge in [-0.25, -0.2) is 0 Å². The lowest BCUT2D eigenvalue weighted by Crippen LogP contribution is -2.55. The van der Waals surface area contributed by atoms with Crippen molar-refractivity contribution >= 4 is 21.5 Å². The van der Waals surface area contributed by atoms with Gasteiger partial charge in [0.1, 0.15) is 0 Å². The molecule has 0 heterocycles. The van der Waals surface area contributed by atoms with Crippen LogP contribution in [0.3, 0.4) is 0 Å². The molecule has 7 aromatic rings. The summed E-state index contributed by atoms with van der Waals surface area (Å²) >= 11 is 0. The average Bonchev–Trinajstić information content (AvgIpc) is 3.58. The Hall–Kier alpha value is -4.94. The number of benzene rings is 7. The molecule has 0 aliphatic heterocycles. The fraction of sp³-hybridized carbons (Fsp3) is 0.255. The van der Waals surface area contributed by atoms with Crippen molar-refractivity contribution in [2.45, 2.75) is 56.8 Å². The lowest BCUT2D eigenvalue weighted by Gasteiger charge is -2.61. The second-order valence-electron chi connectivity index (χ2n) is 17.3. The summed E-state index contributed by atoms with van der Waals surface area (Å²) in [6, 6.07) is 51.8. The quantitative estimate of drug-likeness (QED) is 0.163. The SMILES string of the molecule is CC1(C)c2ccccc2-c2ccc(-c3c4ccccc4c(-c4ccc5c(c4)-c4ccccc4C54C5CC6CC(C5)CC4C6)c4ccccc34)cc21. The van der Waals surface area contributed by atoms with Crippen molar-refractivity contribution in [2.75, 3.05) is 0 Å². The molecule has 4 fully saturated rings. The molecule has 0 atom stereocenters. The van der Waals surface area contributed by atoms with E-state index in [0.717, 1.165) is 23.7 Å². The zero-order valence-corrected chi connectivity index (χ0v) is 29.5. The van der Waals surface area contributed by atoms with Gasteiger partial charge in [-0.05, 0) is 156 Å². The third-order valence-electron chi connectivity index (χ3n) is 14.6. The molecule has 0 radical (unpaired) electrons. The van der Waals surface area contributed by atoms with Gasteiger partial charge in [-0.15, -0.1) is 0 Å². The molecule has 0 unspecified atom stereocenters. The Kier molecular flexibility index (Phi) is 5.57. The molecule has 0 nitrogen and oxygen atoms in total. The number of fused-ring (bicyclic) bond motifs is 8. The summed E-state index contributed by atoms with van der Waals surface area (Å²) < 4.78 is 0. The first-order chi connectivity index (χ1) is 25.0. The fourth-order valence-electron chi connectivity index (χ4n) is 12.9. The monoisotopic (exact) mass is 654 g/mol. The van der Waals surface area contributed by atoms with Gasteiger partial charge in [-0.2, -0.15) is 0 Å². The van der Waals surface area contributed by atoms with Gasteiger partial charge in [0.05, 0.1) is 0 Å². The van der Waals surface area contributed by atoms with E-state index in [1.807, 2.05) is 0 Å². The summed E-state index contributed by atoms with van der Waals surface area (Å²) in [5.74, 6) is 3.48. The molecule has 13 rings (SSSR count). The number of rotatable bonds is 2. The van der Waals surface area contributed by atoms with Crippen LogP contribution < -0.4 is 0 Å². The zero-order chi connectivity index (χ0) is 33.6. The van der Waals surface area contributed by atoms with Crippen LogP contribution >= 0.6 is 0 Å². The van der Waals surface area contributed by atoms with Gasteiger partial charge in [-0.1, -0.05) is 135 Å². The average molecular weight is 655 g/mol. The first kappa shape index (κ1) is 28.7. The van der Waals surface area contributed by atoms with Crippen molar-refractivity contribution in [3.8, 4) is 44.5 Å². The first-order valence-corrected chi connectivity index (χ1v) is 19.4. The topological polar surface area (TPSA) is 0 Å². The molecule has 4 bridgehead atoms. The predicted molar refractivity (Wildman–Crippen MR) is 213 cm³/mol. The molecule has 4 saturated carbocycles. The van der Waals surface area contributed by atoms with E-state index >= 15 is 0 Å². The van der Waals surface area contributed by atoms with Crippen LogP contribution in [0.2, 0.25) is 0 Å². The summed E-state index contributed by atoms with van der Waals surface area (Å²) in [7, 11) is 0.